The molecule has 6 nitrogen and oxygen atoms in total. The van der Waals surface area contributed by atoms with E-state index in [1.165, 1.54) is 0 Å². The Bertz CT molecular complexity index is 687. The highest BCUT2D eigenvalue weighted by molar-refractivity contribution is 5.80. The third kappa shape index (κ3) is 4.92. The molecular weight excluding hydrogens is 314 g/mol. The Morgan fingerprint density at radius 1 is 1.32 bits per heavy atom. The molecule has 132 valence electrons. The Hall–Kier alpha value is -2.63. The van der Waals surface area contributed by atoms with Crippen LogP contribution < -0.4 is 10.1 Å². The highest BCUT2D eigenvalue weighted by Crippen LogP contribution is 2.16. The summed E-state index contributed by atoms with van der Waals surface area (Å²) in [5.74, 6) is 1.61. The Kier molecular flexibility index (Phi) is 5.82. The number of nitrogens with zero attached hydrogens (tertiary/aromatic N) is 4. The maximum absolute atomic E-state index is 5.96. The largest absolute Gasteiger partial charge is 0.472 e. The summed E-state index contributed by atoms with van der Waals surface area (Å²) in [7, 11) is 0. The van der Waals surface area contributed by atoms with Gasteiger partial charge in [0, 0.05) is 43.7 Å². The number of hydrogen-bond donors (Lipinski definition) is 1. The molecule has 2 aromatic heterocycles. The molecule has 2 aromatic rings. The Balaban J connectivity index is 1.60. The van der Waals surface area contributed by atoms with E-state index in [0.717, 1.165) is 43.3 Å². The van der Waals surface area contributed by atoms with Crippen molar-refractivity contribution >= 4 is 5.96 Å². The van der Waals surface area contributed by atoms with Crippen LogP contribution in [-0.2, 0) is 6.54 Å². The van der Waals surface area contributed by atoms with E-state index in [1.54, 1.807) is 6.20 Å². The summed E-state index contributed by atoms with van der Waals surface area (Å²) in [6, 6.07) is 9.82. The van der Waals surface area contributed by atoms with Crippen LogP contribution in [0.5, 0.6) is 5.88 Å². The van der Waals surface area contributed by atoms with E-state index in [1.807, 2.05) is 37.4 Å². The summed E-state index contributed by atoms with van der Waals surface area (Å²) in [6.07, 6.45) is 4.75. The summed E-state index contributed by atoms with van der Waals surface area (Å²) in [5.41, 5.74) is 2.13. The number of hydrogen-bond acceptors (Lipinski definition) is 4. The van der Waals surface area contributed by atoms with Gasteiger partial charge in [0.1, 0.15) is 6.10 Å². The number of pyridine rings is 2. The predicted octanol–water partition coefficient (Wildman–Crippen LogP) is 2.40. The van der Waals surface area contributed by atoms with Crippen molar-refractivity contribution in [2.24, 2.45) is 4.99 Å². The van der Waals surface area contributed by atoms with Gasteiger partial charge in [-0.3, -0.25) is 4.98 Å². The lowest BCUT2D eigenvalue weighted by molar-refractivity contribution is 0.205. The van der Waals surface area contributed by atoms with Gasteiger partial charge in [0.2, 0.25) is 5.88 Å². The van der Waals surface area contributed by atoms with E-state index in [2.05, 4.69) is 33.2 Å². The average molecular weight is 339 g/mol. The molecule has 0 bridgehead atoms. The molecule has 0 saturated carbocycles. The molecule has 1 aliphatic rings. The summed E-state index contributed by atoms with van der Waals surface area (Å²) in [6.45, 7) is 7.28. The molecule has 0 radical (unpaired) electrons. The van der Waals surface area contributed by atoms with Crippen LogP contribution in [0.25, 0.3) is 0 Å². The van der Waals surface area contributed by atoms with Crippen molar-refractivity contribution < 1.29 is 4.74 Å². The molecule has 3 rings (SSSR count). The van der Waals surface area contributed by atoms with Gasteiger partial charge in [0.25, 0.3) is 0 Å². The lowest BCUT2D eigenvalue weighted by Gasteiger charge is -2.21. The van der Waals surface area contributed by atoms with Crippen molar-refractivity contribution in [2.75, 3.05) is 19.6 Å². The van der Waals surface area contributed by atoms with Crippen LogP contribution in [0.2, 0.25) is 0 Å². The molecule has 0 amide bonds. The Morgan fingerprint density at radius 3 is 2.96 bits per heavy atom. The van der Waals surface area contributed by atoms with E-state index >= 15 is 0 Å². The Morgan fingerprint density at radius 2 is 2.24 bits per heavy atom. The summed E-state index contributed by atoms with van der Waals surface area (Å²) in [4.78, 5) is 15.6. The predicted molar refractivity (Wildman–Crippen MR) is 98.6 cm³/mol. The fraction of sp³-hybridized carbons (Fsp3) is 0.421. The molecule has 6 heteroatoms. The number of aryl methyl sites for hydroxylation is 1. The number of nitrogens with one attached hydrogen (secondary N) is 1. The van der Waals surface area contributed by atoms with Crippen molar-refractivity contribution in [2.45, 2.75) is 32.9 Å². The molecule has 0 aromatic carbocycles. The monoisotopic (exact) mass is 339 g/mol. The molecule has 0 aliphatic carbocycles. The second-order valence-electron chi connectivity index (χ2n) is 6.12. The smallest absolute Gasteiger partial charge is 0.213 e. The minimum absolute atomic E-state index is 0.139. The first-order valence-electron chi connectivity index (χ1n) is 8.77. The van der Waals surface area contributed by atoms with E-state index in [4.69, 9.17) is 9.73 Å². The standard InChI is InChI=1S/C19H25N5O/c1-3-20-19(23-13-16-8-7-15(2)22-12-16)24-11-9-17(14-24)25-18-6-4-5-10-21-18/h4-8,10,12,17H,3,9,11,13-14H2,1-2H3,(H,20,23). The van der Waals surface area contributed by atoms with Crippen molar-refractivity contribution in [1.82, 2.24) is 20.2 Å². The summed E-state index contributed by atoms with van der Waals surface area (Å²) >= 11 is 0. The normalized spacial score (nSPS) is 17.6. The second-order valence-corrected chi connectivity index (χ2v) is 6.12. The fourth-order valence-electron chi connectivity index (χ4n) is 2.79. The second kappa shape index (κ2) is 8.46. The molecule has 25 heavy (non-hydrogen) atoms. The van der Waals surface area contributed by atoms with Gasteiger partial charge in [-0.2, -0.15) is 0 Å². The Labute approximate surface area is 149 Å². The molecule has 1 N–H and O–H groups in total. The number of aliphatic imine (C=N–C) groups is 1. The molecular formula is C19H25N5O. The first kappa shape index (κ1) is 17.2. The summed E-state index contributed by atoms with van der Waals surface area (Å²) in [5, 5.41) is 3.37. The van der Waals surface area contributed by atoms with Crippen LogP contribution in [0.3, 0.4) is 0 Å². The number of likely N-dealkylation sites (tertiary alicyclic amines) is 1. The minimum Gasteiger partial charge on any atom is -0.472 e. The van der Waals surface area contributed by atoms with Crippen molar-refractivity contribution in [1.29, 1.82) is 0 Å². The zero-order valence-electron chi connectivity index (χ0n) is 14.9. The van der Waals surface area contributed by atoms with E-state index in [0.29, 0.717) is 12.4 Å². The maximum atomic E-state index is 5.96. The number of rotatable bonds is 5. The molecule has 1 atom stereocenters. The molecule has 1 unspecified atom stereocenters. The lowest BCUT2D eigenvalue weighted by atomic mass is 10.2. The number of aromatic nitrogens is 2. The maximum Gasteiger partial charge on any atom is 0.213 e. The summed E-state index contributed by atoms with van der Waals surface area (Å²) < 4.78 is 5.96. The van der Waals surface area contributed by atoms with E-state index < -0.39 is 0 Å². The molecule has 3 heterocycles. The van der Waals surface area contributed by atoms with Crippen molar-refractivity contribution in [3.05, 3.63) is 54.0 Å². The first-order valence-corrected chi connectivity index (χ1v) is 8.77. The van der Waals surface area contributed by atoms with Gasteiger partial charge in [-0.25, -0.2) is 9.98 Å². The van der Waals surface area contributed by atoms with Gasteiger partial charge >= 0.3 is 0 Å². The number of ether oxygens (including phenoxy) is 1. The quantitative estimate of drug-likeness (QED) is 0.669. The highest BCUT2D eigenvalue weighted by atomic mass is 16.5. The zero-order valence-corrected chi connectivity index (χ0v) is 14.9. The van der Waals surface area contributed by atoms with Gasteiger partial charge in [-0.1, -0.05) is 12.1 Å². The van der Waals surface area contributed by atoms with Crippen LogP contribution >= 0.6 is 0 Å². The minimum atomic E-state index is 0.139. The molecule has 1 fully saturated rings. The SMILES string of the molecule is CCNC(=NCc1ccc(C)nc1)N1CCC(Oc2ccccn2)C1. The third-order valence-corrected chi connectivity index (χ3v) is 4.09. The van der Waals surface area contributed by atoms with E-state index in [-0.39, 0.29) is 6.10 Å². The molecule has 0 spiro atoms. The van der Waals surface area contributed by atoms with Crippen LogP contribution in [0, 0.1) is 6.92 Å². The van der Waals surface area contributed by atoms with E-state index in [9.17, 15) is 0 Å². The van der Waals surface area contributed by atoms with Crippen LogP contribution in [0.15, 0.2) is 47.7 Å². The van der Waals surface area contributed by atoms with Crippen LogP contribution in [0.1, 0.15) is 24.6 Å². The van der Waals surface area contributed by atoms with Gasteiger partial charge in [0.05, 0.1) is 13.1 Å². The van der Waals surface area contributed by atoms with Crippen LogP contribution in [-0.4, -0.2) is 46.6 Å². The van der Waals surface area contributed by atoms with Gasteiger partial charge in [0.15, 0.2) is 5.96 Å². The zero-order chi connectivity index (χ0) is 17.5. The lowest BCUT2D eigenvalue weighted by Crippen LogP contribution is -2.41. The van der Waals surface area contributed by atoms with Gasteiger partial charge in [-0.15, -0.1) is 0 Å². The highest BCUT2D eigenvalue weighted by Gasteiger charge is 2.26. The van der Waals surface area contributed by atoms with Crippen molar-refractivity contribution in [3.8, 4) is 5.88 Å². The molecule has 1 saturated heterocycles. The van der Waals surface area contributed by atoms with Crippen LogP contribution in [0.4, 0.5) is 0 Å². The topological polar surface area (TPSA) is 62.6 Å². The number of guanidine groups is 1. The average Bonchev–Trinajstić information content (AvgIpc) is 3.09. The first-order chi connectivity index (χ1) is 12.2. The molecule has 1 aliphatic heterocycles. The van der Waals surface area contributed by atoms with Gasteiger partial charge in [-0.05, 0) is 31.5 Å². The van der Waals surface area contributed by atoms with Gasteiger partial charge < -0.3 is 15.0 Å². The third-order valence-electron chi connectivity index (χ3n) is 4.09. The van der Waals surface area contributed by atoms with Crippen molar-refractivity contribution in [3.63, 3.8) is 0 Å². The fourth-order valence-corrected chi connectivity index (χ4v) is 2.79.